The van der Waals surface area contributed by atoms with E-state index in [0.29, 0.717) is 33.9 Å². The first-order valence-corrected chi connectivity index (χ1v) is 21.0. The number of hydrogen-bond acceptors (Lipinski definition) is 16. The van der Waals surface area contributed by atoms with Crippen LogP contribution >= 0.6 is 0 Å². The van der Waals surface area contributed by atoms with Gasteiger partial charge in [-0.05, 0) is 48.9 Å². The lowest BCUT2D eigenvalue weighted by Crippen LogP contribution is -2.17. The number of azo groups is 2. The maximum atomic E-state index is 11.5. The van der Waals surface area contributed by atoms with E-state index >= 15 is 0 Å². The summed E-state index contributed by atoms with van der Waals surface area (Å²) in [7, 11) is -11.7. The zero-order valence-electron chi connectivity index (χ0n) is 29.4. The van der Waals surface area contributed by atoms with Crippen LogP contribution in [0.3, 0.4) is 0 Å². The highest BCUT2D eigenvalue weighted by Gasteiger charge is 2.16. The van der Waals surface area contributed by atoms with E-state index in [4.69, 9.17) is 14.0 Å². The number of aromatic nitrogens is 3. The van der Waals surface area contributed by atoms with Crippen molar-refractivity contribution in [2.45, 2.75) is 24.2 Å². The van der Waals surface area contributed by atoms with Crippen LogP contribution in [0.15, 0.2) is 116 Å². The molecule has 4 aromatic carbocycles. The Morgan fingerprint density at radius 2 is 1.18 bits per heavy atom. The quantitative estimate of drug-likeness (QED) is 0.0444. The highest BCUT2D eigenvalue weighted by molar-refractivity contribution is 7.86. The van der Waals surface area contributed by atoms with Crippen LogP contribution in [0.1, 0.15) is 29.2 Å². The van der Waals surface area contributed by atoms with Gasteiger partial charge in [0.25, 0.3) is 30.4 Å². The number of anilines is 1. The number of rotatable bonds is 18. The molecule has 294 valence electrons. The maximum Gasteiger partial charge on any atom is 0.294 e. The maximum absolute atomic E-state index is 11.5. The van der Waals surface area contributed by atoms with E-state index in [2.05, 4.69) is 40.7 Å². The van der Waals surface area contributed by atoms with Crippen molar-refractivity contribution in [3.8, 4) is 11.5 Å². The van der Waals surface area contributed by atoms with Crippen LogP contribution in [0.25, 0.3) is 0 Å². The summed E-state index contributed by atoms with van der Waals surface area (Å²) in [6, 6.07) is 24.0. The van der Waals surface area contributed by atoms with Crippen molar-refractivity contribution < 1.29 is 48.4 Å². The molecule has 4 N–H and O–H groups in total. The Bertz CT molecular complexity index is 2580. The lowest BCUT2D eigenvalue weighted by atomic mass is 10.1. The van der Waals surface area contributed by atoms with Crippen molar-refractivity contribution in [1.29, 1.82) is 0 Å². The number of nitrogens with zero attached hydrogens (tertiary/aromatic N) is 7. The predicted octanol–water partition coefficient (Wildman–Crippen LogP) is 6.05. The van der Waals surface area contributed by atoms with Crippen LogP contribution in [-0.4, -0.2) is 79.2 Å². The number of hydrogen-bond donors (Lipinski definition) is 4. The molecule has 0 spiro atoms. The van der Waals surface area contributed by atoms with E-state index in [-0.39, 0.29) is 59.8 Å². The Morgan fingerprint density at radius 1 is 0.625 bits per heavy atom. The lowest BCUT2D eigenvalue weighted by molar-refractivity contribution is 0.313. The summed E-state index contributed by atoms with van der Waals surface area (Å²) in [5.74, 6) is -0.609. The molecule has 0 bridgehead atoms. The van der Waals surface area contributed by atoms with Gasteiger partial charge in [0.15, 0.2) is 0 Å². The summed E-state index contributed by atoms with van der Waals surface area (Å²) >= 11 is 0. The van der Waals surface area contributed by atoms with Gasteiger partial charge in [-0.25, -0.2) is 4.98 Å². The van der Waals surface area contributed by atoms with E-state index in [1.54, 1.807) is 48.5 Å². The van der Waals surface area contributed by atoms with Gasteiger partial charge >= 0.3 is 0 Å². The van der Waals surface area contributed by atoms with Gasteiger partial charge in [0.2, 0.25) is 5.95 Å². The van der Waals surface area contributed by atoms with Gasteiger partial charge in [0, 0.05) is 36.1 Å². The summed E-state index contributed by atoms with van der Waals surface area (Å²) in [5.41, 5.74) is 2.64. The van der Waals surface area contributed by atoms with Crippen molar-refractivity contribution in [1.82, 2.24) is 15.0 Å². The van der Waals surface area contributed by atoms with Crippen molar-refractivity contribution in [2.75, 3.05) is 30.7 Å². The highest BCUT2D eigenvalue weighted by Crippen LogP contribution is 2.31. The Kier molecular flexibility index (Phi) is 13.5. The van der Waals surface area contributed by atoms with E-state index < -0.39 is 42.0 Å². The Balaban J connectivity index is 1.43. The molecule has 1 heterocycles. The van der Waals surface area contributed by atoms with Crippen LogP contribution in [0.4, 0.5) is 28.7 Å². The van der Waals surface area contributed by atoms with Crippen molar-refractivity contribution in [3.05, 3.63) is 114 Å². The van der Waals surface area contributed by atoms with Gasteiger partial charge in [0.05, 0.1) is 47.1 Å². The van der Waals surface area contributed by atoms with Crippen LogP contribution in [0, 0.1) is 0 Å². The Labute approximate surface area is 321 Å². The second kappa shape index (κ2) is 18.2. The van der Waals surface area contributed by atoms with Gasteiger partial charge < -0.3 is 14.8 Å². The molecular weight excluding hydrogens is 793 g/mol. The normalized spacial score (nSPS) is 12.3. The molecule has 1 aromatic heterocycles. The second-order valence-electron chi connectivity index (χ2n) is 11.7. The molecule has 0 aliphatic heterocycles. The van der Waals surface area contributed by atoms with E-state index in [9.17, 15) is 34.4 Å². The molecule has 0 saturated carbocycles. The molecular formula is C34H34N8O11S3. The highest BCUT2D eigenvalue weighted by atomic mass is 32.2. The minimum Gasteiger partial charge on any atom is -0.496 e. The first-order valence-electron chi connectivity index (χ1n) is 16.3. The summed E-state index contributed by atoms with van der Waals surface area (Å²) in [6.45, 7) is -0.0814. The summed E-state index contributed by atoms with van der Waals surface area (Å²) in [4.78, 5) is 12.9. The fourth-order valence-electron chi connectivity index (χ4n) is 4.88. The SMILES string of the molecule is COc1cc(N=Nc2cccc(S(=O)(=O)O)c2)ccc1Cc1nc(Cc2ccc(N=Nc3ccccc3)cc2OCCCS(=O)(=O)O)nc(NCS(=O)(=O)O)n1. The largest absolute Gasteiger partial charge is 0.496 e. The lowest BCUT2D eigenvalue weighted by Gasteiger charge is -2.14. The molecule has 0 aliphatic carbocycles. The Hall–Kier alpha value is -5.78. The third kappa shape index (κ3) is 13.2. The summed E-state index contributed by atoms with van der Waals surface area (Å²) in [5, 5.41) is 19.1. The smallest absolute Gasteiger partial charge is 0.294 e. The van der Waals surface area contributed by atoms with Crippen LogP contribution in [-0.2, 0) is 43.2 Å². The third-order valence-electron chi connectivity index (χ3n) is 7.40. The molecule has 0 amide bonds. The predicted molar refractivity (Wildman–Crippen MR) is 202 cm³/mol. The number of ether oxygens (including phenoxy) is 2. The number of benzene rings is 4. The molecule has 22 heteroatoms. The molecule has 5 rings (SSSR count). The molecule has 0 fully saturated rings. The van der Waals surface area contributed by atoms with Gasteiger partial charge in [0.1, 0.15) is 29.0 Å². The van der Waals surface area contributed by atoms with Crippen molar-refractivity contribution in [2.24, 2.45) is 20.5 Å². The van der Waals surface area contributed by atoms with E-state index in [0.717, 1.165) is 6.07 Å². The summed E-state index contributed by atoms with van der Waals surface area (Å²) < 4.78 is 108. The molecule has 0 saturated heterocycles. The topological polar surface area (TPSA) is 282 Å². The van der Waals surface area contributed by atoms with Crippen LogP contribution in [0.2, 0.25) is 0 Å². The van der Waals surface area contributed by atoms with Crippen LogP contribution in [0.5, 0.6) is 11.5 Å². The minimum atomic E-state index is -4.47. The molecule has 5 aromatic rings. The number of nitrogens with one attached hydrogen (secondary N) is 1. The van der Waals surface area contributed by atoms with Crippen molar-refractivity contribution >= 4 is 59.1 Å². The molecule has 56 heavy (non-hydrogen) atoms. The second-order valence-corrected chi connectivity index (χ2v) is 16.2. The first-order chi connectivity index (χ1) is 26.5. The number of methoxy groups -OCH3 is 1. The zero-order chi connectivity index (χ0) is 40.3. The van der Waals surface area contributed by atoms with Crippen molar-refractivity contribution in [3.63, 3.8) is 0 Å². The Morgan fingerprint density at radius 3 is 1.75 bits per heavy atom. The molecule has 0 atom stereocenters. The van der Waals surface area contributed by atoms with Gasteiger partial charge in [-0.3, -0.25) is 13.7 Å². The average Bonchev–Trinajstić information content (AvgIpc) is 3.14. The minimum absolute atomic E-state index is 0.00898. The van der Waals surface area contributed by atoms with E-state index in [1.807, 2.05) is 18.2 Å². The average molecular weight is 827 g/mol. The summed E-state index contributed by atoms with van der Waals surface area (Å²) in [6.07, 6.45) is 0.0385. The molecule has 19 nitrogen and oxygen atoms in total. The standard InChI is InChI=1S/C34H34N8O11S3/c1-52-30-20-27(42-40-26-9-5-10-29(19-26)56(49,50)51)13-11-23(30)17-32-36-33(38-34(37-32)35-22-55(46,47)48)18-24-12-14-28(41-39-25-7-3-2-4-8-25)21-31(24)53-15-6-16-54(43,44)45/h2-5,7-14,19-21H,6,15-18,22H2,1H3,(H,43,44,45)(H,46,47,48)(H,49,50,51)(H,35,36,37,38). The zero-order valence-corrected chi connectivity index (χ0v) is 31.8. The van der Waals surface area contributed by atoms with Crippen LogP contribution < -0.4 is 14.8 Å². The first kappa shape index (κ1) is 41.4. The fourth-order valence-corrected chi connectivity index (χ4v) is 6.20. The van der Waals surface area contributed by atoms with E-state index in [1.165, 1.54) is 25.3 Å². The molecule has 0 radical (unpaired) electrons. The van der Waals surface area contributed by atoms with Gasteiger partial charge in [-0.15, -0.1) is 0 Å². The molecule has 0 unspecified atom stereocenters. The third-order valence-corrected chi connectivity index (χ3v) is 9.56. The fraction of sp³-hybridized carbons (Fsp3) is 0.206. The van der Waals surface area contributed by atoms with Gasteiger partial charge in [-0.2, -0.15) is 55.7 Å². The van der Waals surface area contributed by atoms with Gasteiger partial charge in [-0.1, -0.05) is 36.4 Å². The monoisotopic (exact) mass is 826 g/mol. The molecule has 0 aliphatic rings.